The van der Waals surface area contributed by atoms with E-state index in [2.05, 4.69) is 39.9 Å². The number of ether oxygens (including phenoxy) is 2. The molecule has 0 radical (unpaired) electrons. The highest BCUT2D eigenvalue weighted by Crippen LogP contribution is 2.36. The predicted octanol–water partition coefficient (Wildman–Crippen LogP) is 2.31. The number of morpholine rings is 1. The third-order valence-electron chi connectivity index (χ3n) is 6.29. The van der Waals surface area contributed by atoms with Crippen LogP contribution in [0.25, 0.3) is 0 Å². The lowest BCUT2D eigenvalue weighted by Gasteiger charge is -2.33. The van der Waals surface area contributed by atoms with E-state index in [0.717, 1.165) is 11.3 Å². The van der Waals surface area contributed by atoms with Gasteiger partial charge in [0, 0.05) is 13.1 Å². The highest BCUT2D eigenvalue weighted by atomic mass is 16.5. The van der Waals surface area contributed by atoms with E-state index in [1.54, 1.807) is 4.90 Å². The van der Waals surface area contributed by atoms with Crippen LogP contribution in [0.2, 0.25) is 0 Å². The van der Waals surface area contributed by atoms with Crippen LogP contribution in [0, 0.1) is 5.41 Å². The first-order chi connectivity index (χ1) is 16.4. The Kier molecular flexibility index (Phi) is 8.43. The summed E-state index contributed by atoms with van der Waals surface area (Å²) in [5.41, 5.74) is 1.42. The van der Waals surface area contributed by atoms with Gasteiger partial charge in [-0.15, -0.1) is 0 Å². The highest BCUT2D eigenvalue weighted by Gasteiger charge is 2.40. The maximum Gasteiger partial charge on any atom is 0.324 e. The maximum atomic E-state index is 12.7. The molecule has 2 aliphatic rings. The minimum atomic E-state index is -1.06. The molecule has 2 N–H and O–H groups in total. The Bertz CT molecular complexity index is 903. The first-order valence-electron chi connectivity index (χ1n) is 12.2. The lowest BCUT2D eigenvalue weighted by atomic mass is 9.72. The number of β-amino-alcohol motifs (C(OH)–C–C–N with tert-alkyl or cyclic N) is 1. The van der Waals surface area contributed by atoms with Crippen LogP contribution in [-0.2, 0) is 19.7 Å². The fourth-order valence-corrected chi connectivity index (χ4v) is 4.89. The van der Waals surface area contributed by atoms with Gasteiger partial charge >= 0.3 is 6.03 Å². The summed E-state index contributed by atoms with van der Waals surface area (Å²) in [6.07, 6.45) is -0.134. The molecule has 0 aromatic heterocycles. The second kappa shape index (κ2) is 11.0. The number of aliphatic hydroxyl groups excluding tert-OH is 1. The topological polar surface area (TPSA) is 108 Å². The molecule has 1 aromatic rings. The van der Waals surface area contributed by atoms with Gasteiger partial charge in [0.1, 0.15) is 24.5 Å². The Balaban J connectivity index is 1.48. The second-order valence-corrected chi connectivity index (χ2v) is 11.3. The molecule has 2 heterocycles. The molecule has 2 aliphatic heterocycles. The number of carbonyl (C=O) groups excluding carboxylic acids is 3. The minimum absolute atomic E-state index is 0.0134. The van der Waals surface area contributed by atoms with E-state index < -0.39 is 24.1 Å². The molecule has 0 saturated carbocycles. The number of nitrogens with one attached hydrogen (secondary N) is 1. The van der Waals surface area contributed by atoms with Gasteiger partial charge in [-0.3, -0.25) is 14.5 Å². The highest BCUT2D eigenvalue weighted by molar-refractivity contribution is 6.05. The molecule has 2 fully saturated rings. The van der Waals surface area contributed by atoms with E-state index in [4.69, 9.17) is 9.47 Å². The average Bonchev–Trinajstić information content (AvgIpc) is 3.04. The number of benzene rings is 1. The fraction of sp³-hybridized carbons (Fsp3) is 0.654. The van der Waals surface area contributed by atoms with Crippen LogP contribution in [0.1, 0.15) is 53.0 Å². The van der Waals surface area contributed by atoms with Crippen molar-refractivity contribution in [3.63, 3.8) is 0 Å². The summed E-state index contributed by atoms with van der Waals surface area (Å²) in [5.74, 6) is -0.113. The number of hydrogen-bond donors (Lipinski definition) is 2. The standard InChI is InChI=1S/C26H39N3O6/c1-25(2,3)17-26(4,5)18-6-8-20(9-7-18)35-16-19(30)15-29-23(32)21(27-24(29)33)14-22(31)28-10-12-34-13-11-28/h6-9,19,21,30H,10-17H2,1-5H3,(H,27,33)/t19-,21+/m1/s1. The van der Waals surface area contributed by atoms with Crippen LogP contribution < -0.4 is 10.1 Å². The molecule has 4 amide bonds. The van der Waals surface area contributed by atoms with E-state index >= 15 is 0 Å². The molecule has 2 saturated heterocycles. The molecule has 3 rings (SSSR count). The zero-order valence-electron chi connectivity index (χ0n) is 21.5. The number of imide groups is 1. The van der Waals surface area contributed by atoms with E-state index in [0.29, 0.717) is 32.1 Å². The van der Waals surface area contributed by atoms with Crippen molar-refractivity contribution in [1.82, 2.24) is 15.1 Å². The zero-order valence-corrected chi connectivity index (χ0v) is 21.5. The SMILES string of the molecule is CC(C)(C)CC(C)(C)c1ccc(OC[C@H](O)CN2C(=O)N[C@@H](CC(=O)N3CCOCC3)C2=O)cc1. The summed E-state index contributed by atoms with van der Waals surface area (Å²) < 4.78 is 10.9. The van der Waals surface area contributed by atoms with Crippen molar-refractivity contribution >= 4 is 17.8 Å². The number of hydrogen-bond acceptors (Lipinski definition) is 6. The fourth-order valence-electron chi connectivity index (χ4n) is 4.89. The summed E-state index contributed by atoms with van der Waals surface area (Å²) in [6, 6.07) is 6.26. The van der Waals surface area contributed by atoms with Crippen LogP contribution in [0.3, 0.4) is 0 Å². The Labute approximate surface area is 207 Å². The van der Waals surface area contributed by atoms with Gasteiger partial charge in [0.2, 0.25) is 5.91 Å². The molecular formula is C26H39N3O6. The van der Waals surface area contributed by atoms with Crippen LogP contribution in [0.5, 0.6) is 5.75 Å². The van der Waals surface area contributed by atoms with Gasteiger partial charge < -0.3 is 24.8 Å². The summed E-state index contributed by atoms with van der Waals surface area (Å²) in [7, 11) is 0. The van der Waals surface area contributed by atoms with Crippen molar-refractivity contribution in [2.24, 2.45) is 5.41 Å². The summed E-state index contributed by atoms with van der Waals surface area (Å²) in [5, 5.41) is 12.9. The Morgan fingerprint density at radius 1 is 1.14 bits per heavy atom. The number of rotatable bonds is 9. The number of aliphatic hydroxyl groups is 1. The smallest absolute Gasteiger partial charge is 0.324 e. The summed E-state index contributed by atoms with van der Waals surface area (Å²) >= 11 is 0. The van der Waals surface area contributed by atoms with Gasteiger partial charge in [-0.25, -0.2) is 4.79 Å². The molecule has 194 valence electrons. The first kappa shape index (κ1) is 26.9. The number of urea groups is 1. The van der Waals surface area contributed by atoms with Gasteiger partial charge in [0.05, 0.1) is 26.2 Å². The quantitative estimate of drug-likeness (QED) is 0.516. The lowest BCUT2D eigenvalue weighted by molar-refractivity contribution is -0.138. The van der Waals surface area contributed by atoms with E-state index in [1.165, 1.54) is 5.56 Å². The van der Waals surface area contributed by atoms with Gasteiger partial charge in [-0.05, 0) is 34.9 Å². The van der Waals surface area contributed by atoms with E-state index in [-0.39, 0.29) is 36.3 Å². The van der Waals surface area contributed by atoms with Crippen molar-refractivity contribution in [2.45, 2.75) is 65.0 Å². The normalized spacial score (nSPS) is 20.1. The molecule has 2 atom stereocenters. The Morgan fingerprint density at radius 3 is 2.37 bits per heavy atom. The Hall–Kier alpha value is -2.65. The monoisotopic (exact) mass is 489 g/mol. The zero-order chi connectivity index (χ0) is 25.8. The largest absolute Gasteiger partial charge is 0.491 e. The maximum absolute atomic E-state index is 12.7. The van der Waals surface area contributed by atoms with Crippen molar-refractivity contribution in [2.75, 3.05) is 39.5 Å². The van der Waals surface area contributed by atoms with Crippen LogP contribution in [0.4, 0.5) is 4.79 Å². The average molecular weight is 490 g/mol. The number of amides is 4. The third kappa shape index (κ3) is 7.41. The van der Waals surface area contributed by atoms with E-state index in [9.17, 15) is 19.5 Å². The van der Waals surface area contributed by atoms with Gasteiger partial charge in [-0.1, -0.05) is 46.8 Å². The van der Waals surface area contributed by atoms with Crippen LogP contribution in [-0.4, -0.2) is 84.4 Å². The second-order valence-electron chi connectivity index (χ2n) is 11.3. The molecule has 0 bridgehead atoms. The molecule has 0 spiro atoms. The lowest BCUT2D eigenvalue weighted by Crippen LogP contribution is -2.44. The molecule has 35 heavy (non-hydrogen) atoms. The van der Waals surface area contributed by atoms with Gasteiger partial charge in [-0.2, -0.15) is 0 Å². The van der Waals surface area contributed by atoms with Crippen molar-refractivity contribution in [3.05, 3.63) is 29.8 Å². The van der Waals surface area contributed by atoms with Crippen molar-refractivity contribution < 1.29 is 29.0 Å². The molecule has 0 unspecified atom stereocenters. The molecule has 0 aliphatic carbocycles. The van der Waals surface area contributed by atoms with Crippen molar-refractivity contribution in [3.8, 4) is 5.75 Å². The third-order valence-corrected chi connectivity index (χ3v) is 6.29. The van der Waals surface area contributed by atoms with Crippen LogP contribution in [0.15, 0.2) is 24.3 Å². The number of carbonyl (C=O) groups is 3. The van der Waals surface area contributed by atoms with Crippen LogP contribution >= 0.6 is 0 Å². The Morgan fingerprint density at radius 2 is 1.77 bits per heavy atom. The van der Waals surface area contributed by atoms with E-state index in [1.807, 2.05) is 24.3 Å². The first-order valence-corrected chi connectivity index (χ1v) is 12.2. The van der Waals surface area contributed by atoms with Gasteiger partial charge in [0.15, 0.2) is 0 Å². The summed E-state index contributed by atoms with van der Waals surface area (Å²) in [6.45, 7) is 12.7. The van der Waals surface area contributed by atoms with Crippen molar-refractivity contribution in [1.29, 1.82) is 0 Å². The molecule has 9 nitrogen and oxygen atoms in total. The molecule has 9 heteroatoms. The van der Waals surface area contributed by atoms with Gasteiger partial charge in [0.25, 0.3) is 5.91 Å². The summed E-state index contributed by atoms with van der Waals surface area (Å²) in [4.78, 5) is 40.0. The molecular weight excluding hydrogens is 450 g/mol. The molecule has 1 aromatic carbocycles. The number of nitrogens with zero attached hydrogens (tertiary/aromatic N) is 2. The predicted molar refractivity (Wildman–Crippen MR) is 131 cm³/mol. The minimum Gasteiger partial charge on any atom is -0.491 e.